The number of aromatic nitrogens is 3. The zero-order chi connectivity index (χ0) is 16.1. The molecule has 0 unspecified atom stereocenters. The molecule has 3 rings (SSSR count). The van der Waals surface area contributed by atoms with Crippen molar-refractivity contribution in [1.82, 2.24) is 15.0 Å². The van der Waals surface area contributed by atoms with Crippen molar-refractivity contribution in [2.75, 3.05) is 18.2 Å². The second-order valence-corrected chi connectivity index (χ2v) is 4.56. The Morgan fingerprint density at radius 1 is 1.09 bits per heavy atom. The van der Waals surface area contributed by atoms with Crippen LogP contribution >= 0.6 is 0 Å². The second kappa shape index (κ2) is 6.61. The van der Waals surface area contributed by atoms with Crippen molar-refractivity contribution in [2.45, 2.75) is 0 Å². The van der Waals surface area contributed by atoms with Crippen LogP contribution in [0, 0.1) is 0 Å². The summed E-state index contributed by atoms with van der Waals surface area (Å²) in [4.78, 5) is 12.2. The normalized spacial score (nSPS) is 10.1. The Kier molecular flexibility index (Phi) is 4.19. The number of nitrogen functional groups attached to an aromatic ring is 1. The molecule has 0 aliphatic carbocycles. The number of methoxy groups -OCH3 is 1. The molecule has 3 N–H and O–H groups in total. The van der Waals surface area contributed by atoms with E-state index in [0.717, 1.165) is 5.69 Å². The molecule has 0 saturated carbocycles. The molecule has 0 aliphatic rings. The van der Waals surface area contributed by atoms with Crippen molar-refractivity contribution in [2.24, 2.45) is 0 Å². The summed E-state index contributed by atoms with van der Waals surface area (Å²) in [7, 11) is 1.60. The van der Waals surface area contributed by atoms with E-state index in [1.165, 1.54) is 6.33 Å². The van der Waals surface area contributed by atoms with Crippen LogP contribution in [0.1, 0.15) is 0 Å². The molecule has 0 amide bonds. The highest BCUT2D eigenvalue weighted by Crippen LogP contribution is 2.33. The van der Waals surface area contributed by atoms with Gasteiger partial charge in [0.15, 0.2) is 5.82 Å². The number of nitrogens with two attached hydrogens (primary N) is 1. The van der Waals surface area contributed by atoms with Gasteiger partial charge in [-0.2, -0.15) is 4.98 Å². The first-order chi connectivity index (χ1) is 11.3. The van der Waals surface area contributed by atoms with Gasteiger partial charge in [0.1, 0.15) is 23.5 Å². The van der Waals surface area contributed by atoms with Crippen molar-refractivity contribution in [3.8, 4) is 17.4 Å². The minimum absolute atomic E-state index is 0.255. The maximum atomic E-state index is 6.10. The highest BCUT2D eigenvalue weighted by atomic mass is 16.5. The third kappa shape index (κ3) is 3.29. The van der Waals surface area contributed by atoms with Crippen LogP contribution < -0.4 is 20.5 Å². The quantitative estimate of drug-likeness (QED) is 0.748. The second-order valence-electron chi connectivity index (χ2n) is 4.56. The Morgan fingerprint density at radius 3 is 2.74 bits per heavy atom. The molecule has 1 aromatic carbocycles. The molecule has 2 heterocycles. The number of hydrogen-bond donors (Lipinski definition) is 2. The number of para-hydroxylation sites is 2. The van der Waals surface area contributed by atoms with Gasteiger partial charge in [0.05, 0.1) is 19.0 Å². The summed E-state index contributed by atoms with van der Waals surface area (Å²) in [6, 6.07) is 11.0. The predicted octanol–water partition coefficient (Wildman–Crippen LogP) is 3.00. The van der Waals surface area contributed by atoms with Crippen molar-refractivity contribution in [3.05, 3.63) is 55.1 Å². The summed E-state index contributed by atoms with van der Waals surface area (Å²) in [6.07, 6.45) is 4.61. The molecule has 0 fully saturated rings. The fourth-order valence-electron chi connectivity index (χ4n) is 1.95. The van der Waals surface area contributed by atoms with E-state index in [2.05, 4.69) is 20.3 Å². The maximum absolute atomic E-state index is 6.10. The highest BCUT2D eigenvalue weighted by Gasteiger charge is 2.12. The molecule has 0 saturated heterocycles. The van der Waals surface area contributed by atoms with Crippen LogP contribution in [0.4, 0.5) is 17.2 Å². The standard InChI is InChI=1S/C16H15N5O2/c1-22-13-7-3-2-6-12(13)21-15-14(17)16(20-10-19-15)23-11-5-4-8-18-9-11/h2-10H,17H2,1H3,(H,19,20,21). The number of anilines is 3. The van der Waals surface area contributed by atoms with Gasteiger partial charge in [0, 0.05) is 6.20 Å². The summed E-state index contributed by atoms with van der Waals surface area (Å²) in [5.74, 6) is 1.91. The van der Waals surface area contributed by atoms with Crippen LogP contribution in [-0.2, 0) is 0 Å². The van der Waals surface area contributed by atoms with E-state index in [-0.39, 0.29) is 5.88 Å². The monoisotopic (exact) mass is 309 g/mol. The van der Waals surface area contributed by atoms with E-state index in [9.17, 15) is 0 Å². The molecule has 7 nitrogen and oxygen atoms in total. The van der Waals surface area contributed by atoms with Crippen LogP contribution in [0.2, 0.25) is 0 Å². The Labute approximate surface area is 133 Å². The van der Waals surface area contributed by atoms with Crippen molar-refractivity contribution >= 4 is 17.2 Å². The fourth-order valence-corrected chi connectivity index (χ4v) is 1.95. The third-order valence-corrected chi connectivity index (χ3v) is 3.06. The van der Waals surface area contributed by atoms with Gasteiger partial charge in [0.2, 0.25) is 5.88 Å². The number of pyridine rings is 1. The largest absolute Gasteiger partial charge is 0.495 e. The van der Waals surface area contributed by atoms with E-state index >= 15 is 0 Å². The van der Waals surface area contributed by atoms with Crippen LogP contribution in [0.25, 0.3) is 0 Å². The van der Waals surface area contributed by atoms with Gasteiger partial charge in [-0.25, -0.2) is 4.98 Å². The number of nitrogens with zero attached hydrogens (tertiary/aromatic N) is 3. The summed E-state index contributed by atoms with van der Waals surface area (Å²) in [5.41, 5.74) is 7.13. The molecule has 0 spiro atoms. The summed E-state index contributed by atoms with van der Waals surface area (Å²) >= 11 is 0. The van der Waals surface area contributed by atoms with E-state index in [1.54, 1.807) is 31.6 Å². The fraction of sp³-hybridized carbons (Fsp3) is 0.0625. The molecule has 2 aromatic heterocycles. The highest BCUT2D eigenvalue weighted by molar-refractivity contribution is 5.74. The molecule has 0 bridgehead atoms. The van der Waals surface area contributed by atoms with Crippen LogP contribution in [0.15, 0.2) is 55.1 Å². The first-order valence-corrected chi connectivity index (χ1v) is 6.86. The van der Waals surface area contributed by atoms with Gasteiger partial charge in [-0.1, -0.05) is 12.1 Å². The Morgan fingerprint density at radius 2 is 1.96 bits per heavy atom. The maximum Gasteiger partial charge on any atom is 0.248 e. The van der Waals surface area contributed by atoms with Crippen LogP contribution in [-0.4, -0.2) is 22.1 Å². The minimum Gasteiger partial charge on any atom is -0.495 e. The van der Waals surface area contributed by atoms with Gasteiger partial charge in [-0.3, -0.25) is 4.98 Å². The smallest absolute Gasteiger partial charge is 0.248 e. The van der Waals surface area contributed by atoms with E-state index in [1.807, 2.05) is 24.3 Å². The van der Waals surface area contributed by atoms with E-state index < -0.39 is 0 Å². The Hall–Kier alpha value is -3.35. The van der Waals surface area contributed by atoms with Crippen molar-refractivity contribution < 1.29 is 9.47 Å². The lowest BCUT2D eigenvalue weighted by atomic mass is 10.3. The Balaban J connectivity index is 1.88. The van der Waals surface area contributed by atoms with Crippen LogP contribution in [0.5, 0.6) is 17.4 Å². The molecule has 23 heavy (non-hydrogen) atoms. The molecule has 116 valence electrons. The van der Waals surface area contributed by atoms with Crippen molar-refractivity contribution in [1.29, 1.82) is 0 Å². The summed E-state index contributed by atoms with van der Waals surface area (Å²) in [5, 5.41) is 3.12. The van der Waals surface area contributed by atoms with Gasteiger partial charge >= 0.3 is 0 Å². The van der Waals surface area contributed by atoms with E-state index in [4.69, 9.17) is 15.2 Å². The number of ether oxygens (including phenoxy) is 2. The number of rotatable bonds is 5. The average molecular weight is 309 g/mol. The molecular formula is C16H15N5O2. The molecular weight excluding hydrogens is 294 g/mol. The topological polar surface area (TPSA) is 95.2 Å². The van der Waals surface area contributed by atoms with Gasteiger partial charge in [-0.15, -0.1) is 0 Å². The van der Waals surface area contributed by atoms with Crippen molar-refractivity contribution in [3.63, 3.8) is 0 Å². The third-order valence-electron chi connectivity index (χ3n) is 3.06. The zero-order valence-electron chi connectivity index (χ0n) is 12.4. The number of hydrogen-bond acceptors (Lipinski definition) is 7. The lowest BCUT2D eigenvalue weighted by molar-refractivity contribution is 0.417. The van der Waals surface area contributed by atoms with Gasteiger partial charge in [0.25, 0.3) is 0 Å². The number of nitrogens with one attached hydrogen (secondary N) is 1. The lowest BCUT2D eigenvalue weighted by Crippen LogP contribution is -2.04. The lowest BCUT2D eigenvalue weighted by Gasteiger charge is -2.13. The SMILES string of the molecule is COc1ccccc1Nc1ncnc(Oc2cccnc2)c1N. The first kappa shape index (κ1) is 14.6. The van der Waals surface area contributed by atoms with E-state index in [0.29, 0.717) is 23.0 Å². The number of benzene rings is 1. The Bertz CT molecular complexity index is 795. The average Bonchev–Trinajstić information content (AvgIpc) is 2.60. The molecule has 0 radical (unpaired) electrons. The molecule has 0 aliphatic heterocycles. The molecule has 3 aromatic rings. The predicted molar refractivity (Wildman–Crippen MR) is 87.0 cm³/mol. The summed E-state index contributed by atoms with van der Waals surface area (Å²) < 4.78 is 10.9. The van der Waals surface area contributed by atoms with Gasteiger partial charge in [-0.05, 0) is 24.3 Å². The molecule has 0 atom stereocenters. The zero-order valence-corrected chi connectivity index (χ0v) is 12.4. The minimum atomic E-state index is 0.255. The van der Waals surface area contributed by atoms with Gasteiger partial charge < -0.3 is 20.5 Å². The first-order valence-electron chi connectivity index (χ1n) is 6.86. The summed E-state index contributed by atoms with van der Waals surface area (Å²) in [6.45, 7) is 0. The molecule has 7 heteroatoms. The van der Waals surface area contributed by atoms with Crippen LogP contribution in [0.3, 0.4) is 0 Å².